The summed E-state index contributed by atoms with van der Waals surface area (Å²) in [7, 11) is -3.47. The van der Waals surface area contributed by atoms with E-state index in [9.17, 15) is 8.42 Å². The second-order valence-corrected chi connectivity index (χ2v) is 7.27. The van der Waals surface area contributed by atoms with Crippen molar-refractivity contribution >= 4 is 27.0 Å². The molecule has 0 aliphatic carbocycles. The Bertz CT molecular complexity index is 660. The number of benzene rings is 1. The molecule has 0 aliphatic heterocycles. The maximum Gasteiger partial charge on any atom is 0.271 e. The van der Waals surface area contributed by atoms with Crippen LogP contribution >= 0.6 is 11.3 Å². The van der Waals surface area contributed by atoms with Gasteiger partial charge in [-0.2, -0.15) is 0 Å². The molecule has 0 bridgehead atoms. The van der Waals surface area contributed by atoms with Gasteiger partial charge in [-0.25, -0.2) is 8.42 Å². The molecule has 0 amide bonds. The van der Waals surface area contributed by atoms with Crippen LogP contribution in [-0.2, 0) is 22.9 Å². The van der Waals surface area contributed by atoms with Crippen molar-refractivity contribution in [3.63, 3.8) is 0 Å². The number of hydrogen-bond acceptors (Lipinski definition) is 3. The molecule has 0 aliphatic rings. The molecule has 0 saturated carbocycles. The predicted molar refractivity (Wildman–Crippen MR) is 80.3 cm³/mol. The Balaban J connectivity index is 2.31. The maximum absolute atomic E-state index is 12.3. The molecule has 19 heavy (non-hydrogen) atoms. The zero-order valence-corrected chi connectivity index (χ0v) is 12.6. The van der Waals surface area contributed by atoms with E-state index in [1.54, 1.807) is 12.1 Å². The van der Waals surface area contributed by atoms with Gasteiger partial charge in [0.2, 0.25) is 0 Å². The van der Waals surface area contributed by atoms with Crippen LogP contribution in [0.5, 0.6) is 0 Å². The normalized spacial score (nSPS) is 11.5. The average Bonchev–Trinajstić information content (AvgIpc) is 2.88. The van der Waals surface area contributed by atoms with Crippen molar-refractivity contribution in [2.75, 3.05) is 4.72 Å². The van der Waals surface area contributed by atoms with E-state index >= 15 is 0 Å². The molecular weight excluding hydrogens is 278 g/mol. The van der Waals surface area contributed by atoms with Gasteiger partial charge in [-0.05, 0) is 36.6 Å². The first-order valence-electron chi connectivity index (χ1n) is 6.26. The standard InChI is InChI=1S/C14H17NO2S2/c1-3-11-7-5-6-8-13(11)15-19(16,17)14-10-9-12(4-2)18-14/h5-10,15H,3-4H2,1-2H3. The Kier molecular flexibility index (Phi) is 4.27. The first kappa shape index (κ1) is 14.1. The van der Waals surface area contributed by atoms with Gasteiger partial charge in [0.05, 0.1) is 5.69 Å². The molecule has 0 saturated heterocycles. The summed E-state index contributed by atoms with van der Waals surface area (Å²) in [5.74, 6) is 0. The van der Waals surface area contributed by atoms with Gasteiger partial charge in [0, 0.05) is 4.88 Å². The molecule has 0 fully saturated rings. The molecule has 0 unspecified atom stereocenters. The van der Waals surface area contributed by atoms with Crippen LogP contribution in [-0.4, -0.2) is 8.42 Å². The fraction of sp³-hybridized carbons (Fsp3) is 0.286. The molecular formula is C14H17NO2S2. The highest BCUT2D eigenvalue weighted by atomic mass is 32.2. The molecule has 2 aromatic rings. The van der Waals surface area contributed by atoms with Crippen molar-refractivity contribution in [2.24, 2.45) is 0 Å². The summed E-state index contributed by atoms with van der Waals surface area (Å²) in [6.45, 7) is 4.02. The number of rotatable bonds is 5. The Hall–Kier alpha value is -1.33. The van der Waals surface area contributed by atoms with Crippen LogP contribution in [0, 0.1) is 0 Å². The van der Waals surface area contributed by atoms with E-state index in [1.807, 2.05) is 38.1 Å². The van der Waals surface area contributed by atoms with Gasteiger partial charge in [-0.15, -0.1) is 11.3 Å². The molecule has 1 aromatic heterocycles. The molecule has 1 heterocycles. The first-order valence-corrected chi connectivity index (χ1v) is 8.56. The lowest BCUT2D eigenvalue weighted by Crippen LogP contribution is -2.12. The zero-order valence-electron chi connectivity index (χ0n) is 11.0. The van der Waals surface area contributed by atoms with E-state index in [-0.39, 0.29) is 0 Å². The van der Waals surface area contributed by atoms with Crippen LogP contribution in [0.25, 0.3) is 0 Å². The second-order valence-electron chi connectivity index (χ2n) is 4.19. The minimum atomic E-state index is -3.47. The van der Waals surface area contributed by atoms with E-state index < -0.39 is 10.0 Å². The Morgan fingerprint density at radius 2 is 1.79 bits per heavy atom. The van der Waals surface area contributed by atoms with Crippen molar-refractivity contribution in [1.82, 2.24) is 0 Å². The van der Waals surface area contributed by atoms with E-state index in [1.165, 1.54) is 11.3 Å². The minimum absolute atomic E-state index is 0.371. The maximum atomic E-state index is 12.3. The number of hydrogen-bond donors (Lipinski definition) is 1. The van der Waals surface area contributed by atoms with Gasteiger partial charge in [0.25, 0.3) is 10.0 Å². The Morgan fingerprint density at radius 1 is 1.05 bits per heavy atom. The highest BCUT2D eigenvalue weighted by molar-refractivity contribution is 7.94. The van der Waals surface area contributed by atoms with Gasteiger partial charge < -0.3 is 0 Å². The molecule has 0 atom stereocenters. The van der Waals surface area contributed by atoms with Gasteiger partial charge in [0.1, 0.15) is 4.21 Å². The fourth-order valence-corrected chi connectivity index (χ4v) is 4.21. The van der Waals surface area contributed by atoms with Gasteiger partial charge in [-0.1, -0.05) is 32.0 Å². The number of nitrogens with one attached hydrogen (secondary N) is 1. The number of sulfonamides is 1. The molecule has 1 aromatic carbocycles. The van der Waals surface area contributed by atoms with E-state index in [0.29, 0.717) is 9.90 Å². The monoisotopic (exact) mass is 295 g/mol. The lowest BCUT2D eigenvalue weighted by Gasteiger charge is -2.10. The summed E-state index contributed by atoms with van der Waals surface area (Å²) in [6, 6.07) is 11.0. The SMILES string of the molecule is CCc1ccc(S(=O)(=O)Nc2ccccc2CC)s1. The smallest absolute Gasteiger partial charge is 0.271 e. The molecule has 0 radical (unpaired) electrons. The molecule has 102 valence electrons. The predicted octanol–water partition coefficient (Wildman–Crippen LogP) is 3.67. The van der Waals surface area contributed by atoms with E-state index in [4.69, 9.17) is 0 Å². The third kappa shape index (κ3) is 3.16. The van der Waals surface area contributed by atoms with E-state index in [2.05, 4.69) is 4.72 Å². The summed E-state index contributed by atoms with van der Waals surface area (Å²) in [5, 5.41) is 0. The minimum Gasteiger partial charge on any atom is -0.279 e. The molecule has 0 spiro atoms. The van der Waals surface area contributed by atoms with Crippen molar-refractivity contribution in [2.45, 2.75) is 30.9 Å². The summed E-state index contributed by atoms with van der Waals surface area (Å²) in [5.41, 5.74) is 1.66. The lowest BCUT2D eigenvalue weighted by atomic mass is 10.1. The Labute approximate surface area is 118 Å². The van der Waals surface area contributed by atoms with Crippen molar-refractivity contribution in [3.8, 4) is 0 Å². The number of thiophene rings is 1. The van der Waals surface area contributed by atoms with Crippen LogP contribution in [0.1, 0.15) is 24.3 Å². The molecule has 2 rings (SSSR count). The summed E-state index contributed by atoms with van der Waals surface area (Å²) in [4.78, 5) is 1.07. The lowest BCUT2D eigenvalue weighted by molar-refractivity contribution is 0.603. The van der Waals surface area contributed by atoms with Crippen LogP contribution in [0.4, 0.5) is 5.69 Å². The van der Waals surface area contributed by atoms with Crippen LogP contribution in [0.15, 0.2) is 40.6 Å². The van der Waals surface area contributed by atoms with Crippen LogP contribution in [0.2, 0.25) is 0 Å². The first-order chi connectivity index (χ1) is 9.06. The van der Waals surface area contributed by atoms with Gasteiger partial charge >= 0.3 is 0 Å². The number of anilines is 1. The second kappa shape index (κ2) is 5.75. The highest BCUT2D eigenvalue weighted by Gasteiger charge is 2.17. The molecule has 1 N–H and O–H groups in total. The fourth-order valence-electron chi connectivity index (χ4n) is 1.82. The summed E-state index contributed by atoms with van der Waals surface area (Å²) >= 11 is 1.32. The quantitative estimate of drug-likeness (QED) is 0.914. The third-order valence-corrected chi connectivity index (χ3v) is 5.98. The summed E-state index contributed by atoms with van der Waals surface area (Å²) < 4.78 is 27.6. The number of aryl methyl sites for hydroxylation is 2. The van der Waals surface area contributed by atoms with E-state index in [0.717, 1.165) is 23.3 Å². The molecule has 5 heteroatoms. The average molecular weight is 295 g/mol. The Morgan fingerprint density at radius 3 is 2.42 bits per heavy atom. The van der Waals surface area contributed by atoms with Crippen molar-refractivity contribution < 1.29 is 8.42 Å². The largest absolute Gasteiger partial charge is 0.279 e. The van der Waals surface area contributed by atoms with Gasteiger partial charge in [-0.3, -0.25) is 4.72 Å². The number of para-hydroxylation sites is 1. The van der Waals surface area contributed by atoms with Crippen LogP contribution < -0.4 is 4.72 Å². The highest BCUT2D eigenvalue weighted by Crippen LogP contribution is 2.25. The van der Waals surface area contributed by atoms with Gasteiger partial charge in [0.15, 0.2) is 0 Å². The van der Waals surface area contributed by atoms with Crippen LogP contribution in [0.3, 0.4) is 0 Å². The van der Waals surface area contributed by atoms with Crippen molar-refractivity contribution in [1.29, 1.82) is 0 Å². The van der Waals surface area contributed by atoms with Crippen molar-refractivity contribution in [3.05, 3.63) is 46.8 Å². The molecule has 3 nitrogen and oxygen atoms in total. The summed E-state index contributed by atoms with van der Waals surface area (Å²) in [6.07, 6.45) is 1.65. The zero-order chi connectivity index (χ0) is 13.9. The third-order valence-electron chi connectivity index (χ3n) is 2.89. The topological polar surface area (TPSA) is 46.2 Å².